The van der Waals surface area contributed by atoms with Crippen molar-refractivity contribution >= 4 is 5.78 Å². The van der Waals surface area contributed by atoms with Crippen LogP contribution in [0.3, 0.4) is 0 Å². The summed E-state index contributed by atoms with van der Waals surface area (Å²) in [7, 11) is 0. The number of fused-ring (bicyclic) bond motifs is 1. The topological polar surface area (TPSA) is 39.2 Å². The van der Waals surface area contributed by atoms with E-state index in [0.29, 0.717) is 11.1 Å². The SMILES string of the molecule is CC(=O)c1cc2c(cn1)CO[C@@]2(C)CC(F)(F)F. The van der Waals surface area contributed by atoms with Crippen LogP contribution in [0.1, 0.15) is 41.9 Å². The number of hydrogen-bond donors (Lipinski definition) is 0. The van der Waals surface area contributed by atoms with E-state index in [9.17, 15) is 18.0 Å². The molecule has 2 rings (SSSR count). The highest BCUT2D eigenvalue weighted by atomic mass is 19.4. The molecular formula is C12H12F3NO2. The molecule has 1 aliphatic heterocycles. The van der Waals surface area contributed by atoms with Crippen LogP contribution in [0.4, 0.5) is 13.2 Å². The van der Waals surface area contributed by atoms with Crippen LogP contribution in [-0.4, -0.2) is 16.9 Å². The summed E-state index contributed by atoms with van der Waals surface area (Å²) in [6.45, 7) is 2.80. The molecule has 0 bridgehead atoms. The third-order valence-corrected chi connectivity index (χ3v) is 3.00. The number of Topliss-reactive ketones (excluding diaryl/α,β-unsaturated/α-hetero) is 1. The van der Waals surface area contributed by atoms with Gasteiger partial charge in [0.2, 0.25) is 0 Å². The van der Waals surface area contributed by atoms with Crippen molar-refractivity contribution in [3.05, 3.63) is 29.1 Å². The van der Waals surface area contributed by atoms with Gasteiger partial charge in [0.1, 0.15) is 5.69 Å². The third-order valence-electron chi connectivity index (χ3n) is 3.00. The van der Waals surface area contributed by atoms with Crippen molar-refractivity contribution in [3.8, 4) is 0 Å². The second-order valence-corrected chi connectivity index (χ2v) is 4.59. The number of rotatable bonds is 2. The van der Waals surface area contributed by atoms with Gasteiger partial charge >= 0.3 is 6.18 Å². The molecule has 0 spiro atoms. The minimum Gasteiger partial charge on any atom is -0.365 e. The zero-order valence-electron chi connectivity index (χ0n) is 9.97. The summed E-state index contributed by atoms with van der Waals surface area (Å²) in [6.07, 6.45) is -3.99. The summed E-state index contributed by atoms with van der Waals surface area (Å²) in [6, 6.07) is 1.40. The first-order valence-corrected chi connectivity index (χ1v) is 5.42. The molecule has 1 aromatic heterocycles. The minimum absolute atomic E-state index is 0.0904. The molecule has 2 heterocycles. The van der Waals surface area contributed by atoms with Gasteiger partial charge in [0.15, 0.2) is 5.78 Å². The Labute approximate surface area is 102 Å². The van der Waals surface area contributed by atoms with Gasteiger partial charge in [-0.25, -0.2) is 0 Å². The number of ketones is 1. The summed E-state index contributed by atoms with van der Waals surface area (Å²) in [5.41, 5.74) is -0.264. The standard InChI is InChI=1S/C12H12F3NO2/c1-7(17)10-3-9-8(4-16-10)5-18-11(9,2)6-12(13,14)15/h3-4H,5-6H2,1-2H3/t11-/m0/s1. The van der Waals surface area contributed by atoms with Gasteiger partial charge in [-0.15, -0.1) is 0 Å². The van der Waals surface area contributed by atoms with Crippen molar-refractivity contribution in [1.29, 1.82) is 0 Å². The van der Waals surface area contributed by atoms with E-state index in [1.165, 1.54) is 26.1 Å². The van der Waals surface area contributed by atoms with E-state index >= 15 is 0 Å². The largest absolute Gasteiger partial charge is 0.392 e. The second kappa shape index (κ2) is 4.05. The van der Waals surface area contributed by atoms with Crippen molar-refractivity contribution < 1.29 is 22.7 Å². The lowest BCUT2D eigenvalue weighted by molar-refractivity contribution is -0.184. The van der Waals surface area contributed by atoms with Crippen LogP contribution in [0, 0.1) is 0 Å². The van der Waals surface area contributed by atoms with E-state index in [0.717, 1.165) is 0 Å². The molecule has 1 aromatic rings. The maximum atomic E-state index is 12.5. The Bertz CT molecular complexity index is 499. The van der Waals surface area contributed by atoms with Gasteiger partial charge in [0, 0.05) is 18.7 Å². The fourth-order valence-electron chi connectivity index (χ4n) is 2.13. The molecule has 0 N–H and O–H groups in total. The van der Waals surface area contributed by atoms with E-state index in [4.69, 9.17) is 4.74 Å². The smallest absolute Gasteiger partial charge is 0.365 e. The van der Waals surface area contributed by atoms with Crippen LogP contribution < -0.4 is 0 Å². The fraction of sp³-hybridized carbons (Fsp3) is 0.500. The highest BCUT2D eigenvalue weighted by Gasteiger charge is 2.45. The van der Waals surface area contributed by atoms with Crippen molar-refractivity contribution in [3.63, 3.8) is 0 Å². The molecule has 0 radical (unpaired) electrons. The van der Waals surface area contributed by atoms with Crippen molar-refractivity contribution in [2.24, 2.45) is 0 Å². The Kier molecular flexibility index (Phi) is 2.93. The highest BCUT2D eigenvalue weighted by molar-refractivity contribution is 5.92. The van der Waals surface area contributed by atoms with Gasteiger partial charge in [-0.3, -0.25) is 9.78 Å². The minimum atomic E-state index is -4.32. The first-order valence-electron chi connectivity index (χ1n) is 5.42. The molecule has 1 aliphatic rings. The lowest BCUT2D eigenvalue weighted by Gasteiger charge is -2.26. The molecule has 0 saturated heterocycles. The number of ether oxygens (including phenoxy) is 1. The summed E-state index contributed by atoms with van der Waals surface area (Å²) >= 11 is 0. The Morgan fingerprint density at radius 2 is 2.22 bits per heavy atom. The molecule has 0 unspecified atom stereocenters. The summed E-state index contributed by atoms with van der Waals surface area (Å²) < 4.78 is 42.9. The van der Waals surface area contributed by atoms with E-state index in [1.54, 1.807) is 0 Å². The van der Waals surface area contributed by atoms with Crippen LogP contribution in [0.5, 0.6) is 0 Å². The fourth-order valence-corrected chi connectivity index (χ4v) is 2.13. The Morgan fingerprint density at radius 1 is 1.56 bits per heavy atom. The number of halogens is 3. The number of nitrogens with zero attached hydrogens (tertiary/aromatic N) is 1. The predicted molar refractivity (Wildman–Crippen MR) is 57.1 cm³/mol. The van der Waals surface area contributed by atoms with Crippen LogP contribution in [0.2, 0.25) is 0 Å². The molecule has 0 fully saturated rings. The third kappa shape index (κ3) is 2.38. The Balaban J connectivity index is 2.42. The van der Waals surface area contributed by atoms with E-state index in [2.05, 4.69) is 4.98 Å². The molecule has 1 atom stereocenters. The number of carbonyl (C=O) groups excluding carboxylic acids is 1. The quantitative estimate of drug-likeness (QED) is 0.766. The van der Waals surface area contributed by atoms with E-state index in [1.807, 2.05) is 0 Å². The number of pyridine rings is 1. The molecule has 3 nitrogen and oxygen atoms in total. The number of carbonyl (C=O) groups is 1. The van der Waals surface area contributed by atoms with E-state index < -0.39 is 18.2 Å². The average Bonchev–Trinajstić information content (AvgIpc) is 2.53. The zero-order chi connectivity index (χ0) is 13.6. The molecule has 0 aromatic carbocycles. The number of hydrogen-bond acceptors (Lipinski definition) is 3. The number of aromatic nitrogens is 1. The van der Waals surface area contributed by atoms with Crippen molar-refractivity contribution in [1.82, 2.24) is 4.98 Å². The van der Waals surface area contributed by atoms with Crippen LogP contribution in [0.25, 0.3) is 0 Å². The van der Waals surface area contributed by atoms with Crippen LogP contribution in [-0.2, 0) is 16.9 Å². The van der Waals surface area contributed by atoms with Gasteiger partial charge in [-0.2, -0.15) is 13.2 Å². The maximum Gasteiger partial charge on any atom is 0.392 e. The van der Waals surface area contributed by atoms with Crippen molar-refractivity contribution in [2.45, 2.75) is 38.7 Å². The summed E-state index contributed by atoms with van der Waals surface area (Å²) in [5, 5.41) is 0. The van der Waals surface area contributed by atoms with Gasteiger partial charge < -0.3 is 4.74 Å². The van der Waals surface area contributed by atoms with Gasteiger partial charge in [-0.05, 0) is 18.6 Å². The monoisotopic (exact) mass is 259 g/mol. The summed E-state index contributed by atoms with van der Waals surface area (Å²) in [5.74, 6) is -0.279. The lowest BCUT2D eigenvalue weighted by atomic mass is 9.91. The molecule has 6 heteroatoms. The summed E-state index contributed by atoms with van der Waals surface area (Å²) in [4.78, 5) is 15.1. The molecule has 18 heavy (non-hydrogen) atoms. The molecule has 0 saturated carbocycles. The Hall–Kier alpha value is -1.43. The van der Waals surface area contributed by atoms with Crippen LogP contribution in [0.15, 0.2) is 12.3 Å². The van der Waals surface area contributed by atoms with Gasteiger partial charge in [0.05, 0.1) is 18.6 Å². The number of alkyl halides is 3. The molecular weight excluding hydrogens is 247 g/mol. The Morgan fingerprint density at radius 3 is 2.78 bits per heavy atom. The normalized spacial score (nSPS) is 22.9. The molecule has 0 aliphatic carbocycles. The van der Waals surface area contributed by atoms with Gasteiger partial charge in [0.25, 0.3) is 0 Å². The highest BCUT2D eigenvalue weighted by Crippen LogP contribution is 2.43. The first-order chi connectivity index (χ1) is 8.21. The molecule has 98 valence electrons. The maximum absolute atomic E-state index is 12.5. The average molecular weight is 259 g/mol. The molecule has 0 amide bonds. The first kappa shape index (κ1) is 13.0. The van der Waals surface area contributed by atoms with Crippen molar-refractivity contribution in [2.75, 3.05) is 0 Å². The lowest BCUT2D eigenvalue weighted by Crippen LogP contribution is -2.29. The van der Waals surface area contributed by atoms with Crippen LogP contribution >= 0.6 is 0 Å². The second-order valence-electron chi connectivity index (χ2n) is 4.59. The zero-order valence-corrected chi connectivity index (χ0v) is 9.97. The predicted octanol–water partition coefficient (Wildman–Crippen LogP) is 2.98. The van der Waals surface area contributed by atoms with Gasteiger partial charge in [-0.1, -0.05) is 0 Å². The van der Waals surface area contributed by atoms with E-state index in [-0.39, 0.29) is 18.1 Å².